The largest absolute Gasteiger partial charge is 0.495 e. The van der Waals surface area contributed by atoms with E-state index in [1.165, 1.54) is 39.0 Å². The van der Waals surface area contributed by atoms with Crippen molar-refractivity contribution < 1.29 is 9.53 Å². The van der Waals surface area contributed by atoms with Gasteiger partial charge in [0.05, 0.1) is 12.8 Å². The molecule has 6 nitrogen and oxygen atoms in total. The minimum atomic E-state index is -0.118. The molecule has 1 aromatic carbocycles. The standard InChI is InChI=1S/C20H32N4O2.HI/c1-5-20(10-6-7-11-20)14-23-19(21-3)22-13-16-8-9-18(26-4)17(12-16)24-15(2)25;/h8-9,12H,5-7,10-11,13-14H2,1-4H3,(H,24,25)(H2,21,22,23);1H. The lowest BCUT2D eigenvalue weighted by Gasteiger charge is -2.28. The molecule has 1 aliphatic rings. The monoisotopic (exact) mass is 488 g/mol. The van der Waals surface area contributed by atoms with Crippen molar-refractivity contribution in [2.45, 2.75) is 52.5 Å². The van der Waals surface area contributed by atoms with E-state index in [-0.39, 0.29) is 29.9 Å². The highest BCUT2D eigenvalue weighted by Gasteiger charge is 2.31. The number of halogens is 1. The van der Waals surface area contributed by atoms with Gasteiger partial charge in [0.25, 0.3) is 0 Å². The van der Waals surface area contributed by atoms with E-state index < -0.39 is 0 Å². The Hall–Kier alpha value is -1.51. The van der Waals surface area contributed by atoms with E-state index in [1.54, 1.807) is 14.2 Å². The van der Waals surface area contributed by atoms with Crippen molar-refractivity contribution in [1.29, 1.82) is 0 Å². The predicted octanol–water partition coefficient (Wildman–Crippen LogP) is 3.91. The first-order chi connectivity index (χ1) is 12.5. The molecule has 0 heterocycles. The first-order valence-corrected chi connectivity index (χ1v) is 9.41. The van der Waals surface area contributed by atoms with E-state index in [0.717, 1.165) is 18.1 Å². The molecule has 152 valence electrons. The number of anilines is 1. The number of guanidine groups is 1. The lowest BCUT2D eigenvalue weighted by Crippen LogP contribution is -2.42. The second kappa shape index (κ2) is 11.4. The summed E-state index contributed by atoms with van der Waals surface area (Å²) in [5, 5.41) is 9.65. The summed E-state index contributed by atoms with van der Waals surface area (Å²) in [6.07, 6.45) is 6.46. The molecule has 1 saturated carbocycles. The van der Waals surface area contributed by atoms with Gasteiger partial charge >= 0.3 is 0 Å². The molecule has 0 aliphatic heterocycles. The van der Waals surface area contributed by atoms with E-state index in [2.05, 4.69) is 27.9 Å². The van der Waals surface area contributed by atoms with Crippen LogP contribution in [0.15, 0.2) is 23.2 Å². The van der Waals surface area contributed by atoms with Gasteiger partial charge in [0, 0.05) is 27.1 Å². The van der Waals surface area contributed by atoms with Crippen LogP contribution < -0.4 is 20.7 Å². The highest BCUT2D eigenvalue weighted by atomic mass is 127. The topological polar surface area (TPSA) is 74.8 Å². The van der Waals surface area contributed by atoms with Gasteiger partial charge in [0.2, 0.25) is 5.91 Å². The zero-order valence-corrected chi connectivity index (χ0v) is 19.2. The van der Waals surface area contributed by atoms with E-state index in [9.17, 15) is 4.79 Å². The molecule has 1 amide bonds. The molecular formula is C20H33IN4O2. The summed E-state index contributed by atoms with van der Waals surface area (Å²) in [5.41, 5.74) is 2.14. The summed E-state index contributed by atoms with van der Waals surface area (Å²) in [7, 11) is 3.39. The lowest BCUT2D eigenvalue weighted by molar-refractivity contribution is -0.114. The Kier molecular flexibility index (Phi) is 9.90. The third kappa shape index (κ3) is 6.86. The van der Waals surface area contributed by atoms with Gasteiger partial charge in [0.15, 0.2) is 5.96 Å². The second-order valence-electron chi connectivity index (χ2n) is 7.06. The van der Waals surface area contributed by atoms with E-state index >= 15 is 0 Å². The number of methoxy groups -OCH3 is 1. The SMILES string of the molecule is CCC1(CNC(=NC)NCc2ccc(OC)c(NC(C)=O)c2)CCCC1.I. The van der Waals surface area contributed by atoms with Crippen LogP contribution in [0.3, 0.4) is 0 Å². The van der Waals surface area contributed by atoms with Crippen molar-refractivity contribution in [2.75, 3.05) is 26.0 Å². The normalized spacial score (nSPS) is 15.6. The number of aliphatic imine (C=N–C) groups is 1. The van der Waals surface area contributed by atoms with Crippen LogP contribution in [0.4, 0.5) is 5.69 Å². The molecule has 0 saturated heterocycles. The first kappa shape index (κ1) is 23.5. The molecular weight excluding hydrogens is 455 g/mol. The van der Waals surface area contributed by atoms with Crippen molar-refractivity contribution in [3.63, 3.8) is 0 Å². The van der Waals surface area contributed by atoms with Gasteiger partial charge < -0.3 is 20.7 Å². The summed E-state index contributed by atoms with van der Waals surface area (Å²) in [4.78, 5) is 15.7. The summed E-state index contributed by atoms with van der Waals surface area (Å²) in [6, 6.07) is 5.77. The Balaban J connectivity index is 0.00000364. The van der Waals surface area contributed by atoms with Crippen molar-refractivity contribution in [3.05, 3.63) is 23.8 Å². The number of rotatable bonds is 7. The Bertz CT molecular complexity index is 643. The van der Waals surface area contributed by atoms with Crippen LogP contribution >= 0.6 is 24.0 Å². The number of hydrogen-bond acceptors (Lipinski definition) is 3. The van der Waals surface area contributed by atoms with Crippen molar-refractivity contribution in [1.82, 2.24) is 10.6 Å². The van der Waals surface area contributed by atoms with Gasteiger partial charge in [-0.05, 0) is 42.4 Å². The molecule has 27 heavy (non-hydrogen) atoms. The Morgan fingerprint density at radius 2 is 1.96 bits per heavy atom. The molecule has 1 aromatic rings. The van der Waals surface area contributed by atoms with Gasteiger partial charge in [0.1, 0.15) is 5.75 Å². The minimum absolute atomic E-state index is 0. The van der Waals surface area contributed by atoms with E-state index in [1.807, 2.05) is 18.2 Å². The molecule has 0 aromatic heterocycles. The maximum absolute atomic E-state index is 11.4. The van der Waals surface area contributed by atoms with E-state index in [4.69, 9.17) is 4.74 Å². The van der Waals surface area contributed by atoms with Gasteiger partial charge in [-0.2, -0.15) is 0 Å². The zero-order valence-electron chi connectivity index (χ0n) is 16.9. The third-order valence-electron chi connectivity index (χ3n) is 5.30. The number of amides is 1. The van der Waals surface area contributed by atoms with Crippen LogP contribution in [0.5, 0.6) is 5.75 Å². The van der Waals surface area contributed by atoms with Crippen LogP contribution in [0.1, 0.15) is 51.5 Å². The molecule has 7 heteroatoms. The molecule has 0 spiro atoms. The fourth-order valence-electron chi connectivity index (χ4n) is 3.61. The quantitative estimate of drug-likeness (QED) is 0.309. The number of carbonyl (C=O) groups is 1. The zero-order chi connectivity index (χ0) is 19.0. The summed E-state index contributed by atoms with van der Waals surface area (Å²) in [5.74, 6) is 1.34. The van der Waals surface area contributed by atoms with Crippen molar-refractivity contribution in [2.24, 2.45) is 10.4 Å². The average molecular weight is 488 g/mol. The Labute approximate surface area is 179 Å². The van der Waals surface area contributed by atoms with Gasteiger partial charge in [-0.15, -0.1) is 24.0 Å². The summed E-state index contributed by atoms with van der Waals surface area (Å²) >= 11 is 0. The van der Waals surface area contributed by atoms with Gasteiger partial charge in [-0.25, -0.2) is 0 Å². The summed E-state index contributed by atoms with van der Waals surface area (Å²) < 4.78 is 5.30. The number of nitrogens with one attached hydrogen (secondary N) is 3. The molecule has 0 unspecified atom stereocenters. The van der Waals surface area contributed by atoms with E-state index in [0.29, 0.717) is 23.4 Å². The highest BCUT2D eigenvalue weighted by molar-refractivity contribution is 14.0. The molecule has 0 bridgehead atoms. The van der Waals surface area contributed by atoms with Crippen molar-refractivity contribution in [3.8, 4) is 5.75 Å². The maximum Gasteiger partial charge on any atom is 0.221 e. The summed E-state index contributed by atoms with van der Waals surface area (Å²) in [6.45, 7) is 5.35. The predicted molar refractivity (Wildman–Crippen MR) is 122 cm³/mol. The maximum atomic E-state index is 11.4. The first-order valence-electron chi connectivity index (χ1n) is 9.41. The third-order valence-corrected chi connectivity index (χ3v) is 5.30. The molecule has 0 atom stereocenters. The lowest BCUT2D eigenvalue weighted by atomic mass is 9.83. The van der Waals surface area contributed by atoms with Crippen LogP contribution in [0.2, 0.25) is 0 Å². The van der Waals surface area contributed by atoms with Crippen LogP contribution in [-0.4, -0.2) is 32.6 Å². The number of nitrogens with zero attached hydrogens (tertiary/aromatic N) is 1. The number of ether oxygens (including phenoxy) is 1. The fourth-order valence-corrected chi connectivity index (χ4v) is 3.61. The van der Waals surface area contributed by atoms with Crippen molar-refractivity contribution >= 4 is 41.5 Å². The molecule has 1 aliphatic carbocycles. The Morgan fingerprint density at radius 1 is 1.26 bits per heavy atom. The molecule has 2 rings (SSSR count). The molecule has 0 radical (unpaired) electrons. The highest BCUT2D eigenvalue weighted by Crippen LogP contribution is 2.40. The van der Waals surface area contributed by atoms with Crippen LogP contribution in [0, 0.1) is 5.41 Å². The van der Waals surface area contributed by atoms with Gasteiger partial charge in [-0.1, -0.05) is 25.8 Å². The number of hydrogen-bond donors (Lipinski definition) is 3. The number of benzene rings is 1. The molecule has 3 N–H and O–H groups in total. The minimum Gasteiger partial charge on any atom is -0.495 e. The van der Waals surface area contributed by atoms with Crippen LogP contribution in [0.25, 0.3) is 0 Å². The van der Waals surface area contributed by atoms with Gasteiger partial charge in [-0.3, -0.25) is 9.79 Å². The fraction of sp³-hybridized carbons (Fsp3) is 0.600. The molecule has 1 fully saturated rings. The average Bonchev–Trinajstić information content (AvgIpc) is 3.11. The number of carbonyl (C=O) groups excluding carboxylic acids is 1. The smallest absolute Gasteiger partial charge is 0.221 e. The Morgan fingerprint density at radius 3 is 2.52 bits per heavy atom. The second-order valence-corrected chi connectivity index (χ2v) is 7.06. The van der Waals surface area contributed by atoms with Crippen LogP contribution in [-0.2, 0) is 11.3 Å².